The average Bonchev–Trinajstić information content (AvgIpc) is 2.97. The third-order valence-corrected chi connectivity index (χ3v) is 5.42. The summed E-state index contributed by atoms with van der Waals surface area (Å²) in [4.78, 5) is 24.8. The van der Waals surface area contributed by atoms with E-state index < -0.39 is 0 Å². The summed E-state index contributed by atoms with van der Waals surface area (Å²) in [5, 5.41) is 25.8. The summed E-state index contributed by atoms with van der Waals surface area (Å²) >= 11 is 0. The van der Waals surface area contributed by atoms with Crippen molar-refractivity contribution < 1.29 is 9.59 Å². The molecule has 4 rings (SSSR count). The molecule has 0 heterocycles. The second kappa shape index (κ2) is 12.2. The van der Waals surface area contributed by atoms with Crippen molar-refractivity contribution in [2.24, 2.45) is 10.2 Å². The molecule has 0 bridgehead atoms. The standard InChI is InChI=1S/C30H20N6O2/c31-17-21-3-1-5-23(15-21)19-33-35-29(37)27-11-7-25(8-12-27)26-9-13-28(14-10-26)30(38)36-34-20-24-6-2-4-22(16-24)18-32/h1-16,19-20H,(H,35,37)(H,36,38)/b33-19+,34-20+. The third-order valence-electron chi connectivity index (χ3n) is 5.42. The van der Waals surface area contributed by atoms with Crippen molar-refractivity contribution in [1.29, 1.82) is 10.5 Å². The first kappa shape index (κ1) is 25.2. The molecule has 0 aliphatic heterocycles. The summed E-state index contributed by atoms with van der Waals surface area (Å²) in [6, 6.07) is 31.9. The summed E-state index contributed by atoms with van der Waals surface area (Å²) in [5.74, 6) is -0.729. The summed E-state index contributed by atoms with van der Waals surface area (Å²) in [6.07, 6.45) is 2.95. The van der Waals surface area contributed by atoms with Crippen molar-refractivity contribution in [2.75, 3.05) is 0 Å². The van der Waals surface area contributed by atoms with Crippen LogP contribution in [0.4, 0.5) is 0 Å². The van der Waals surface area contributed by atoms with Crippen LogP contribution in [0, 0.1) is 22.7 Å². The number of carbonyl (C=O) groups excluding carboxylic acids is 2. The minimum atomic E-state index is -0.365. The number of benzene rings is 4. The highest BCUT2D eigenvalue weighted by Gasteiger charge is 2.07. The van der Waals surface area contributed by atoms with Crippen LogP contribution in [0.1, 0.15) is 43.0 Å². The number of nitrogens with zero attached hydrogens (tertiary/aromatic N) is 4. The van der Waals surface area contributed by atoms with Gasteiger partial charge in [0.2, 0.25) is 0 Å². The lowest BCUT2D eigenvalue weighted by atomic mass is 10.0. The summed E-state index contributed by atoms with van der Waals surface area (Å²) < 4.78 is 0. The molecule has 2 amide bonds. The van der Waals surface area contributed by atoms with Crippen LogP contribution in [0.5, 0.6) is 0 Å². The van der Waals surface area contributed by atoms with Gasteiger partial charge in [0.05, 0.1) is 35.7 Å². The van der Waals surface area contributed by atoms with Crippen molar-refractivity contribution in [3.63, 3.8) is 0 Å². The Morgan fingerprint density at radius 2 is 1.00 bits per heavy atom. The number of nitriles is 2. The van der Waals surface area contributed by atoms with Gasteiger partial charge in [-0.2, -0.15) is 20.7 Å². The number of hydrazone groups is 2. The average molecular weight is 497 g/mol. The van der Waals surface area contributed by atoms with Gasteiger partial charge in [-0.15, -0.1) is 0 Å². The molecule has 0 radical (unpaired) electrons. The van der Waals surface area contributed by atoms with Crippen LogP contribution in [0.2, 0.25) is 0 Å². The fraction of sp³-hybridized carbons (Fsp3) is 0. The van der Waals surface area contributed by atoms with Gasteiger partial charge in [-0.1, -0.05) is 48.5 Å². The number of carbonyl (C=O) groups is 2. The quantitative estimate of drug-likeness (QED) is 0.285. The van der Waals surface area contributed by atoms with E-state index >= 15 is 0 Å². The van der Waals surface area contributed by atoms with Crippen LogP contribution in [0.15, 0.2) is 107 Å². The zero-order valence-electron chi connectivity index (χ0n) is 20.0. The lowest BCUT2D eigenvalue weighted by Gasteiger charge is -2.05. The van der Waals surface area contributed by atoms with Crippen molar-refractivity contribution in [3.8, 4) is 23.3 Å². The fourth-order valence-corrected chi connectivity index (χ4v) is 3.47. The zero-order valence-corrected chi connectivity index (χ0v) is 20.0. The molecule has 0 aromatic heterocycles. The van der Waals surface area contributed by atoms with Crippen molar-refractivity contribution >= 4 is 24.2 Å². The van der Waals surface area contributed by atoms with Crippen LogP contribution >= 0.6 is 0 Å². The van der Waals surface area contributed by atoms with E-state index in [2.05, 4.69) is 33.2 Å². The number of hydrogen-bond donors (Lipinski definition) is 2. The van der Waals surface area contributed by atoms with Gasteiger partial charge in [0.15, 0.2) is 0 Å². The molecule has 0 aliphatic rings. The maximum atomic E-state index is 12.4. The van der Waals surface area contributed by atoms with Crippen molar-refractivity contribution in [3.05, 3.63) is 130 Å². The number of nitrogens with one attached hydrogen (secondary N) is 2. The maximum Gasteiger partial charge on any atom is 0.271 e. The SMILES string of the molecule is N#Cc1cccc(/C=N/NC(=O)c2ccc(-c3ccc(C(=O)N/N=C/c4cccc(C#N)c4)cc3)cc2)c1. The Morgan fingerprint density at radius 3 is 1.37 bits per heavy atom. The lowest BCUT2D eigenvalue weighted by Crippen LogP contribution is -2.17. The second-order valence-electron chi connectivity index (χ2n) is 8.03. The van der Waals surface area contributed by atoms with Gasteiger partial charge in [0.1, 0.15) is 0 Å². The van der Waals surface area contributed by atoms with Crippen molar-refractivity contribution in [2.45, 2.75) is 0 Å². The van der Waals surface area contributed by atoms with E-state index in [1.807, 2.05) is 24.3 Å². The van der Waals surface area contributed by atoms with E-state index in [1.165, 1.54) is 12.4 Å². The van der Waals surface area contributed by atoms with Gasteiger partial charge >= 0.3 is 0 Å². The molecule has 0 fully saturated rings. The number of hydrogen-bond acceptors (Lipinski definition) is 6. The molecule has 8 nitrogen and oxygen atoms in total. The van der Waals surface area contributed by atoms with Gasteiger partial charge < -0.3 is 0 Å². The van der Waals surface area contributed by atoms with Crippen LogP contribution in [0.3, 0.4) is 0 Å². The third kappa shape index (κ3) is 6.63. The van der Waals surface area contributed by atoms with E-state index in [0.717, 1.165) is 11.1 Å². The molecular weight excluding hydrogens is 476 g/mol. The minimum absolute atomic E-state index is 0.365. The normalized spacial score (nSPS) is 10.6. The molecule has 0 saturated heterocycles. The smallest absolute Gasteiger partial charge is 0.267 e. The molecule has 4 aromatic carbocycles. The number of amides is 2. The molecule has 8 heteroatoms. The monoisotopic (exact) mass is 496 g/mol. The zero-order chi connectivity index (χ0) is 26.7. The molecule has 4 aromatic rings. The molecule has 0 spiro atoms. The fourth-order valence-electron chi connectivity index (χ4n) is 3.47. The van der Waals surface area contributed by atoms with Gasteiger partial charge in [-0.3, -0.25) is 9.59 Å². The molecule has 38 heavy (non-hydrogen) atoms. The highest BCUT2D eigenvalue weighted by Crippen LogP contribution is 2.20. The predicted molar refractivity (Wildman–Crippen MR) is 144 cm³/mol. The minimum Gasteiger partial charge on any atom is -0.267 e. The molecular formula is C30H20N6O2. The van der Waals surface area contributed by atoms with E-state index in [0.29, 0.717) is 33.4 Å². The Bertz CT molecular complexity index is 1490. The van der Waals surface area contributed by atoms with Gasteiger partial charge in [0.25, 0.3) is 11.8 Å². The Morgan fingerprint density at radius 1 is 0.605 bits per heavy atom. The maximum absolute atomic E-state index is 12.4. The summed E-state index contributed by atoms with van der Waals surface area (Å²) in [5.41, 5.74) is 10.00. The van der Waals surface area contributed by atoms with E-state index in [-0.39, 0.29) is 11.8 Å². The molecule has 2 N–H and O–H groups in total. The summed E-state index contributed by atoms with van der Waals surface area (Å²) in [6.45, 7) is 0. The molecule has 0 atom stereocenters. The Kier molecular flexibility index (Phi) is 8.11. The molecule has 0 saturated carbocycles. The molecule has 0 unspecified atom stereocenters. The Hall–Kier alpha value is -5.86. The van der Waals surface area contributed by atoms with Crippen LogP contribution < -0.4 is 10.9 Å². The largest absolute Gasteiger partial charge is 0.271 e. The predicted octanol–water partition coefficient (Wildman–Crippen LogP) is 4.62. The van der Waals surface area contributed by atoms with Gasteiger partial charge in [-0.05, 0) is 70.8 Å². The number of rotatable bonds is 7. The Labute approximate surface area is 219 Å². The van der Waals surface area contributed by atoms with E-state index in [9.17, 15) is 9.59 Å². The van der Waals surface area contributed by atoms with Crippen LogP contribution in [0.25, 0.3) is 11.1 Å². The lowest BCUT2D eigenvalue weighted by molar-refractivity contribution is 0.0947. The van der Waals surface area contributed by atoms with E-state index in [4.69, 9.17) is 10.5 Å². The van der Waals surface area contributed by atoms with Crippen LogP contribution in [-0.4, -0.2) is 24.2 Å². The van der Waals surface area contributed by atoms with E-state index in [1.54, 1.807) is 72.8 Å². The second-order valence-corrected chi connectivity index (χ2v) is 8.03. The first-order valence-electron chi connectivity index (χ1n) is 11.4. The first-order valence-corrected chi connectivity index (χ1v) is 11.4. The van der Waals surface area contributed by atoms with Gasteiger partial charge in [-0.25, -0.2) is 10.9 Å². The highest BCUT2D eigenvalue weighted by molar-refractivity contribution is 5.96. The van der Waals surface area contributed by atoms with Crippen molar-refractivity contribution in [1.82, 2.24) is 10.9 Å². The summed E-state index contributed by atoms with van der Waals surface area (Å²) in [7, 11) is 0. The molecule has 0 aliphatic carbocycles. The molecule has 182 valence electrons. The Balaban J connectivity index is 1.33. The highest BCUT2D eigenvalue weighted by atomic mass is 16.2. The van der Waals surface area contributed by atoms with Gasteiger partial charge in [0, 0.05) is 11.1 Å². The van der Waals surface area contributed by atoms with Crippen LogP contribution in [-0.2, 0) is 0 Å². The first-order chi connectivity index (χ1) is 18.6. The topological polar surface area (TPSA) is 130 Å².